The Morgan fingerprint density at radius 3 is 1.00 bits per heavy atom. The minimum Gasteiger partial charge on any atom is -0.318 e. The van der Waals surface area contributed by atoms with Gasteiger partial charge in [-0.15, -0.1) is 22.7 Å². The molecule has 0 aliphatic carbocycles. The third kappa shape index (κ3) is 11.1. The van der Waals surface area contributed by atoms with Crippen molar-refractivity contribution in [1.29, 1.82) is 0 Å². The largest absolute Gasteiger partial charge is 0.331 e. The molecule has 4 heterocycles. The molecule has 0 unspecified atom stereocenters. The molecule has 10 rings (SSSR count). The zero-order chi connectivity index (χ0) is 55.5. The van der Waals surface area contributed by atoms with Gasteiger partial charge in [-0.3, -0.25) is 9.59 Å². The van der Waals surface area contributed by atoms with Crippen molar-refractivity contribution in [3.05, 3.63) is 199 Å². The van der Waals surface area contributed by atoms with Crippen molar-refractivity contribution >= 4 is 125 Å². The summed E-state index contributed by atoms with van der Waals surface area (Å²) in [5.41, 5.74) is 9.93. The van der Waals surface area contributed by atoms with Crippen LogP contribution in [0, 0.1) is 0 Å². The van der Waals surface area contributed by atoms with Crippen molar-refractivity contribution in [3.63, 3.8) is 0 Å². The van der Waals surface area contributed by atoms with Crippen LogP contribution in [0.5, 0.6) is 0 Å². The van der Waals surface area contributed by atoms with Crippen molar-refractivity contribution in [1.82, 2.24) is 9.13 Å². The first-order valence-corrected chi connectivity index (χ1v) is 26.4. The predicted molar refractivity (Wildman–Crippen MR) is 306 cm³/mol. The summed E-state index contributed by atoms with van der Waals surface area (Å²) >= 11 is 2.74. The molecule has 0 amide bonds. The number of carbonyl (C=O) groups is 6. The maximum Gasteiger partial charge on any atom is 0.331 e. The molecular weight excluding hydrogens is 1040 g/mol. The molecule has 0 atom stereocenters. The zero-order valence-corrected chi connectivity index (χ0v) is 44.9. The number of aromatic nitrogens is 2. The molecule has 0 fully saturated rings. The molecule has 392 valence electrons. The zero-order valence-electron chi connectivity index (χ0n) is 43.3. The summed E-state index contributed by atoms with van der Waals surface area (Å²) in [4.78, 5) is 96.7. The lowest BCUT2D eigenvalue weighted by atomic mass is 9.99. The molecule has 4 aromatic heterocycles. The molecule has 0 bridgehead atoms. The fourth-order valence-electron chi connectivity index (χ4n) is 9.18. The van der Waals surface area contributed by atoms with E-state index in [0.29, 0.717) is 66.0 Å². The maximum absolute atomic E-state index is 13.6. The molecule has 18 heteroatoms. The summed E-state index contributed by atoms with van der Waals surface area (Å²) < 4.78 is 4.13. The molecule has 16 nitrogen and oxygen atoms in total. The Kier molecular flexibility index (Phi) is 15.0. The molecule has 6 aromatic carbocycles. The SMILES string of the molecule is CC(=O)ON=C(C)c1ccc2c(c1)c1cc(C(=O)c3cccs3)ccc1n2-c1ccc(/C(C/C(=N/OC(C)=O)c2ccc(-n3c4ccc(C(=O)c5cccs5)cc4c4cc(C(C)=NOC(C)=O)ccc43)cc2)=N\OC(C)=O)cc1. The van der Waals surface area contributed by atoms with Crippen LogP contribution in [0.1, 0.15) is 101 Å². The van der Waals surface area contributed by atoms with Gasteiger partial charge in [0.25, 0.3) is 0 Å². The van der Waals surface area contributed by atoms with Crippen molar-refractivity contribution in [2.24, 2.45) is 20.6 Å². The molecule has 0 saturated carbocycles. The monoisotopic (exact) mass is 1090 g/mol. The second-order valence-electron chi connectivity index (χ2n) is 18.2. The van der Waals surface area contributed by atoms with Crippen LogP contribution in [0.4, 0.5) is 0 Å². The van der Waals surface area contributed by atoms with Gasteiger partial charge >= 0.3 is 23.9 Å². The van der Waals surface area contributed by atoms with Gasteiger partial charge in [0.2, 0.25) is 11.6 Å². The highest BCUT2D eigenvalue weighted by Crippen LogP contribution is 2.37. The van der Waals surface area contributed by atoms with E-state index in [9.17, 15) is 28.8 Å². The van der Waals surface area contributed by atoms with Crippen molar-refractivity contribution in [2.45, 2.75) is 48.0 Å². The number of ketones is 2. The number of nitrogens with zero attached hydrogens (tertiary/aromatic N) is 6. The summed E-state index contributed by atoms with van der Waals surface area (Å²) in [5.74, 6) is -2.60. The number of rotatable bonds is 16. The number of fused-ring (bicyclic) bond motifs is 6. The average Bonchev–Trinajstić information content (AvgIpc) is 4.45. The quantitative estimate of drug-likeness (QED) is 0.0388. The van der Waals surface area contributed by atoms with Crippen LogP contribution in [0.15, 0.2) is 177 Å². The number of hydrogen-bond donors (Lipinski definition) is 0. The van der Waals surface area contributed by atoms with Crippen molar-refractivity contribution in [2.75, 3.05) is 0 Å². The minimum absolute atomic E-state index is 0.0554. The van der Waals surface area contributed by atoms with Crippen LogP contribution in [0.25, 0.3) is 55.0 Å². The molecule has 10 aromatic rings. The van der Waals surface area contributed by atoms with Gasteiger partial charge < -0.3 is 28.5 Å². The van der Waals surface area contributed by atoms with Crippen LogP contribution in [0.3, 0.4) is 0 Å². The van der Waals surface area contributed by atoms with Gasteiger partial charge in [-0.25, -0.2) is 19.2 Å². The first-order chi connectivity index (χ1) is 38.1. The first-order valence-electron chi connectivity index (χ1n) is 24.6. The molecule has 0 saturated heterocycles. The third-order valence-electron chi connectivity index (χ3n) is 12.8. The number of hydrogen-bond acceptors (Lipinski definition) is 16. The fourth-order valence-corrected chi connectivity index (χ4v) is 10.6. The average molecular weight is 1090 g/mol. The number of thiophene rings is 2. The molecule has 0 aliphatic heterocycles. The van der Waals surface area contributed by atoms with Gasteiger partial charge in [0.15, 0.2) is 0 Å². The Hall–Kier alpha value is -9.78. The standard InChI is InChI=1S/C61H46N6O10S2/c1-34(62-74-36(3)68)42-15-23-54-48(29-42)50-31-44(60(72)58-9-7-27-78-58)17-25-56(50)66(54)46-19-11-40(12-20-46)52(64-76-38(5)70)33-53(65-77-39(6)71)41-13-21-47(22-14-41)67-55-24-16-43(35(2)63-75-37(4)69)30-49(55)51-32-45(18-26-57(51)67)61(73)59-10-8-28-79-59/h7-32H,33H2,1-6H3/b62-34?,63-35?,64-52-,65-53-. The second kappa shape index (κ2) is 22.4. The van der Waals surface area contributed by atoms with Gasteiger partial charge in [-0.2, -0.15) is 0 Å². The van der Waals surface area contributed by atoms with E-state index in [0.717, 1.165) is 55.0 Å². The summed E-state index contributed by atoms with van der Waals surface area (Å²) in [7, 11) is 0. The Morgan fingerprint density at radius 2 is 0.684 bits per heavy atom. The van der Waals surface area contributed by atoms with Crippen molar-refractivity contribution < 1.29 is 48.1 Å². The van der Waals surface area contributed by atoms with Crippen LogP contribution in [-0.4, -0.2) is 67.4 Å². The van der Waals surface area contributed by atoms with Gasteiger partial charge in [-0.1, -0.05) is 69.2 Å². The van der Waals surface area contributed by atoms with Gasteiger partial charge in [0.1, 0.15) is 0 Å². The highest BCUT2D eigenvalue weighted by Gasteiger charge is 2.22. The summed E-state index contributed by atoms with van der Waals surface area (Å²) in [6.07, 6.45) is -0.0554. The van der Waals surface area contributed by atoms with E-state index in [-0.39, 0.29) is 18.0 Å². The van der Waals surface area contributed by atoms with E-state index in [1.807, 2.05) is 132 Å². The maximum atomic E-state index is 13.6. The summed E-state index contributed by atoms with van der Waals surface area (Å²) in [6.45, 7) is 8.52. The van der Waals surface area contributed by atoms with E-state index in [4.69, 9.17) is 19.4 Å². The normalized spacial score (nSPS) is 12.3. The lowest BCUT2D eigenvalue weighted by Gasteiger charge is -2.13. The van der Waals surface area contributed by atoms with Crippen LogP contribution in [-0.2, 0) is 38.5 Å². The number of benzene rings is 6. The molecule has 0 spiro atoms. The van der Waals surface area contributed by atoms with Gasteiger partial charge in [0.05, 0.1) is 54.7 Å². The van der Waals surface area contributed by atoms with E-state index in [1.54, 1.807) is 38.1 Å². The fraction of sp³-hybridized carbons (Fsp3) is 0.115. The van der Waals surface area contributed by atoms with Crippen molar-refractivity contribution in [3.8, 4) is 11.4 Å². The third-order valence-corrected chi connectivity index (χ3v) is 14.6. The molecule has 0 radical (unpaired) electrons. The van der Waals surface area contributed by atoms with Crippen LogP contribution in [0.2, 0.25) is 0 Å². The van der Waals surface area contributed by atoms with E-state index < -0.39 is 23.9 Å². The highest BCUT2D eigenvalue weighted by molar-refractivity contribution is 7.12. The molecule has 79 heavy (non-hydrogen) atoms. The Bertz CT molecular complexity index is 3950. The Morgan fingerprint density at radius 1 is 0.380 bits per heavy atom. The topological polar surface area (TPSA) is 199 Å². The predicted octanol–water partition coefficient (Wildman–Crippen LogP) is 12.7. The van der Waals surface area contributed by atoms with E-state index in [2.05, 4.69) is 29.8 Å². The number of oxime groups is 4. The lowest BCUT2D eigenvalue weighted by Crippen LogP contribution is -2.14. The lowest BCUT2D eigenvalue weighted by molar-refractivity contribution is -0.141. The van der Waals surface area contributed by atoms with Gasteiger partial charge in [-0.05, 0) is 144 Å². The van der Waals surface area contributed by atoms with Crippen LogP contribution < -0.4 is 0 Å². The van der Waals surface area contributed by atoms with E-state index in [1.165, 1.54) is 50.4 Å². The number of carbonyl (C=O) groups excluding carboxylic acids is 6. The van der Waals surface area contributed by atoms with Gasteiger partial charge in [0, 0.05) is 78.2 Å². The molecule has 0 N–H and O–H groups in total. The summed E-state index contributed by atoms with van der Waals surface area (Å²) in [6, 6.07) is 44.9. The Labute approximate surface area is 459 Å². The minimum atomic E-state index is -0.653. The molecular formula is C61H46N6O10S2. The smallest absolute Gasteiger partial charge is 0.318 e. The highest BCUT2D eigenvalue weighted by atomic mass is 32.1. The first kappa shape index (κ1) is 52.7. The van der Waals surface area contributed by atoms with Crippen LogP contribution >= 0.6 is 22.7 Å². The molecule has 0 aliphatic rings. The second-order valence-corrected chi connectivity index (χ2v) is 20.1. The Balaban J connectivity index is 1.01. The van der Waals surface area contributed by atoms with E-state index >= 15 is 0 Å². The summed E-state index contributed by atoms with van der Waals surface area (Å²) in [5, 5.41) is 23.6.